The lowest BCUT2D eigenvalue weighted by Crippen LogP contribution is -2.32. The standard InChI is InChI=1S/C20H27N5OS/c1-3-25-18(17-10-12-21-13-11-17)23-24-20(25)27-15(2)19(26)22-14-9-16-7-5-4-6-8-16/h7,10-13,15H,3-6,8-9,14H2,1-2H3,(H,22,26). The van der Waals surface area contributed by atoms with Crippen LogP contribution in [-0.2, 0) is 11.3 Å². The third-order valence-electron chi connectivity index (χ3n) is 4.75. The van der Waals surface area contributed by atoms with Gasteiger partial charge < -0.3 is 9.88 Å². The van der Waals surface area contributed by atoms with Crippen molar-refractivity contribution in [1.82, 2.24) is 25.1 Å². The van der Waals surface area contributed by atoms with Crippen LogP contribution in [0.4, 0.5) is 0 Å². The number of hydrogen-bond acceptors (Lipinski definition) is 5. The number of hydrogen-bond donors (Lipinski definition) is 1. The molecule has 1 unspecified atom stereocenters. The van der Waals surface area contributed by atoms with Crippen LogP contribution in [0.5, 0.6) is 0 Å². The zero-order valence-electron chi connectivity index (χ0n) is 16.0. The van der Waals surface area contributed by atoms with Crippen molar-refractivity contribution in [2.24, 2.45) is 0 Å². The molecule has 1 aliphatic carbocycles. The summed E-state index contributed by atoms with van der Waals surface area (Å²) < 4.78 is 2.04. The predicted molar refractivity (Wildman–Crippen MR) is 108 cm³/mol. The summed E-state index contributed by atoms with van der Waals surface area (Å²) in [5.74, 6) is 0.853. The van der Waals surface area contributed by atoms with Crippen LogP contribution in [0, 0.1) is 0 Å². The van der Waals surface area contributed by atoms with Crippen molar-refractivity contribution < 1.29 is 4.79 Å². The van der Waals surface area contributed by atoms with Crippen LogP contribution < -0.4 is 5.32 Å². The van der Waals surface area contributed by atoms with Gasteiger partial charge in [0.1, 0.15) is 0 Å². The third-order valence-corrected chi connectivity index (χ3v) is 5.83. The van der Waals surface area contributed by atoms with Crippen molar-refractivity contribution in [1.29, 1.82) is 0 Å². The first-order chi connectivity index (χ1) is 13.2. The van der Waals surface area contributed by atoms with E-state index < -0.39 is 0 Å². The zero-order chi connectivity index (χ0) is 19.1. The van der Waals surface area contributed by atoms with Gasteiger partial charge in [-0.2, -0.15) is 0 Å². The Labute approximate surface area is 164 Å². The third kappa shape index (κ3) is 5.19. The van der Waals surface area contributed by atoms with Gasteiger partial charge in [-0.3, -0.25) is 9.78 Å². The summed E-state index contributed by atoms with van der Waals surface area (Å²) in [6.45, 7) is 5.43. The van der Waals surface area contributed by atoms with Crippen molar-refractivity contribution >= 4 is 17.7 Å². The summed E-state index contributed by atoms with van der Waals surface area (Å²) in [4.78, 5) is 16.5. The van der Waals surface area contributed by atoms with Crippen LogP contribution in [0.3, 0.4) is 0 Å². The first kappa shape index (κ1) is 19.6. The molecule has 27 heavy (non-hydrogen) atoms. The Kier molecular flexibility index (Phi) is 7.04. The molecule has 0 saturated heterocycles. The molecule has 3 rings (SSSR count). The molecule has 0 radical (unpaired) electrons. The van der Waals surface area contributed by atoms with Crippen LogP contribution in [-0.4, -0.2) is 37.5 Å². The van der Waals surface area contributed by atoms with Gasteiger partial charge >= 0.3 is 0 Å². The Hall–Kier alpha value is -2.15. The van der Waals surface area contributed by atoms with Crippen LogP contribution in [0.15, 0.2) is 41.3 Å². The van der Waals surface area contributed by atoms with E-state index >= 15 is 0 Å². The second-order valence-corrected chi connectivity index (χ2v) is 8.00. The van der Waals surface area contributed by atoms with Crippen molar-refractivity contribution in [2.45, 2.75) is 62.9 Å². The number of thioether (sulfide) groups is 1. The molecule has 0 spiro atoms. The molecule has 1 amide bonds. The number of allylic oxidation sites excluding steroid dienone is 1. The summed E-state index contributed by atoms with van der Waals surface area (Å²) in [5.41, 5.74) is 2.46. The maximum Gasteiger partial charge on any atom is 0.233 e. The van der Waals surface area contributed by atoms with Gasteiger partial charge in [-0.15, -0.1) is 10.2 Å². The number of rotatable bonds is 8. The van der Waals surface area contributed by atoms with Gasteiger partial charge in [-0.1, -0.05) is 23.4 Å². The van der Waals surface area contributed by atoms with Crippen molar-refractivity contribution in [3.8, 4) is 11.4 Å². The molecule has 1 aliphatic rings. The molecular formula is C20H27N5OS. The van der Waals surface area contributed by atoms with Crippen LogP contribution in [0.2, 0.25) is 0 Å². The monoisotopic (exact) mass is 385 g/mol. The fourth-order valence-corrected chi connectivity index (χ4v) is 4.15. The minimum atomic E-state index is -0.217. The Morgan fingerprint density at radius 2 is 2.11 bits per heavy atom. The minimum absolute atomic E-state index is 0.0486. The lowest BCUT2D eigenvalue weighted by Gasteiger charge is -2.15. The molecule has 0 bridgehead atoms. The van der Waals surface area contributed by atoms with Gasteiger partial charge in [0.25, 0.3) is 0 Å². The van der Waals surface area contributed by atoms with E-state index in [0.29, 0.717) is 6.54 Å². The zero-order valence-corrected chi connectivity index (χ0v) is 16.8. The second kappa shape index (κ2) is 9.69. The highest BCUT2D eigenvalue weighted by atomic mass is 32.2. The normalized spacial score (nSPS) is 15.3. The van der Waals surface area contributed by atoms with E-state index in [1.165, 1.54) is 43.0 Å². The van der Waals surface area contributed by atoms with Crippen LogP contribution >= 0.6 is 11.8 Å². The van der Waals surface area contributed by atoms with Crippen molar-refractivity contribution in [3.63, 3.8) is 0 Å². The molecule has 2 heterocycles. The summed E-state index contributed by atoms with van der Waals surface area (Å²) in [7, 11) is 0. The average Bonchev–Trinajstić information content (AvgIpc) is 3.11. The number of nitrogens with zero attached hydrogens (tertiary/aromatic N) is 4. The van der Waals surface area contributed by atoms with E-state index in [-0.39, 0.29) is 11.2 Å². The van der Waals surface area contributed by atoms with E-state index in [1.54, 1.807) is 12.4 Å². The Morgan fingerprint density at radius 3 is 2.81 bits per heavy atom. The number of amides is 1. The highest BCUT2D eigenvalue weighted by molar-refractivity contribution is 8.00. The molecule has 7 heteroatoms. The Balaban J connectivity index is 1.57. The fraction of sp³-hybridized carbons (Fsp3) is 0.500. The van der Waals surface area contributed by atoms with Gasteiger partial charge in [0.2, 0.25) is 5.91 Å². The molecular weight excluding hydrogens is 358 g/mol. The molecule has 0 saturated carbocycles. The smallest absolute Gasteiger partial charge is 0.233 e. The molecule has 2 aromatic heterocycles. The predicted octanol–water partition coefficient (Wildman–Crippen LogP) is 3.85. The first-order valence-electron chi connectivity index (χ1n) is 9.65. The van der Waals surface area contributed by atoms with E-state index in [2.05, 4.69) is 33.5 Å². The maximum absolute atomic E-state index is 12.4. The molecule has 6 nitrogen and oxygen atoms in total. The SMILES string of the molecule is CCn1c(SC(C)C(=O)NCCC2=CCCCC2)nnc1-c1ccncc1. The molecule has 144 valence electrons. The van der Waals surface area contributed by atoms with Gasteiger partial charge in [-0.25, -0.2) is 0 Å². The van der Waals surface area contributed by atoms with Crippen molar-refractivity contribution in [2.75, 3.05) is 6.54 Å². The van der Waals surface area contributed by atoms with Crippen LogP contribution in [0.25, 0.3) is 11.4 Å². The van der Waals surface area contributed by atoms with Gasteiger partial charge in [0.15, 0.2) is 11.0 Å². The van der Waals surface area contributed by atoms with E-state index in [9.17, 15) is 4.79 Å². The van der Waals surface area contributed by atoms with E-state index in [1.807, 2.05) is 23.6 Å². The number of carbonyl (C=O) groups is 1. The quantitative estimate of drug-likeness (QED) is 0.552. The summed E-state index contributed by atoms with van der Waals surface area (Å²) in [6, 6.07) is 3.83. The topological polar surface area (TPSA) is 72.7 Å². The summed E-state index contributed by atoms with van der Waals surface area (Å²) in [5, 5.41) is 12.2. The molecule has 1 atom stereocenters. The molecule has 2 aromatic rings. The largest absolute Gasteiger partial charge is 0.355 e. The van der Waals surface area contributed by atoms with Crippen molar-refractivity contribution in [3.05, 3.63) is 36.2 Å². The Bertz CT molecular complexity index is 787. The highest BCUT2D eigenvalue weighted by Crippen LogP contribution is 2.26. The van der Waals surface area contributed by atoms with Gasteiger partial charge in [-0.05, 0) is 58.1 Å². The second-order valence-electron chi connectivity index (χ2n) is 6.70. The first-order valence-corrected chi connectivity index (χ1v) is 10.5. The number of nitrogens with one attached hydrogen (secondary N) is 1. The van der Waals surface area contributed by atoms with Crippen LogP contribution in [0.1, 0.15) is 46.0 Å². The lowest BCUT2D eigenvalue weighted by atomic mass is 9.97. The molecule has 0 fully saturated rings. The number of carbonyl (C=O) groups excluding carboxylic acids is 1. The molecule has 1 N–H and O–H groups in total. The molecule has 0 aliphatic heterocycles. The highest BCUT2D eigenvalue weighted by Gasteiger charge is 2.20. The Morgan fingerprint density at radius 1 is 1.30 bits per heavy atom. The number of aromatic nitrogens is 4. The summed E-state index contributed by atoms with van der Waals surface area (Å²) >= 11 is 1.45. The van der Waals surface area contributed by atoms with E-state index in [0.717, 1.165) is 29.5 Å². The van der Waals surface area contributed by atoms with Gasteiger partial charge in [0.05, 0.1) is 5.25 Å². The minimum Gasteiger partial charge on any atom is -0.355 e. The average molecular weight is 386 g/mol. The number of pyridine rings is 1. The summed E-state index contributed by atoms with van der Waals surface area (Å²) in [6.07, 6.45) is 11.7. The molecule has 0 aromatic carbocycles. The lowest BCUT2D eigenvalue weighted by molar-refractivity contribution is -0.120. The van der Waals surface area contributed by atoms with E-state index in [4.69, 9.17) is 0 Å². The fourth-order valence-electron chi connectivity index (χ4n) is 3.21. The van der Waals surface area contributed by atoms with Gasteiger partial charge in [0, 0.05) is 31.0 Å². The maximum atomic E-state index is 12.4.